The monoisotopic (exact) mass is 254 g/mol. The third kappa shape index (κ3) is 3.95. The lowest BCUT2D eigenvalue weighted by molar-refractivity contribution is -0.130. The van der Waals surface area contributed by atoms with Crippen LogP contribution in [0.15, 0.2) is 0 Å². The van der Waals surface area contributed by atoms with Crippen LogP contribution >= 0.6 is 0 Å². The van der Waals surface area contributed by atoms with Crippen LogP contribution in [0.1, 0.15) is 45.4 Å². The first-order valence-electron chi connectivity index (χ1n) is 7.42. The molecule has 1 aliphatic carbocycles. The number of carbonyl (C=O) groups is 1. The Bertz CT molecular complexity index is 257. The van der Waals surface area contributed by atoms with E-state index in [-0.39, 0.29) is 5.91 Å². The second-order valence-corrected chi connectivity index (χ2v) is 5.42. The fourth-order valence-corrected chi connectivity index (χ4v) is 2.77. The standard InChI is InChI=1S/C14H26N2O2/c1-2-18-13-9-12(10-13)15-11-14(17)16-7-5-3-4-6-8-16/h12-13,15H,2-11H2,1H3. The number of rotatable bonds is 5. The molecule has 1 heterocycles. The van der Waals surface area contributed by atoms with Crippen LogP contribution in [0, 0.1) is 0 Å². The predicted octanol–water partition coefficient (Wildman–Crippen LogP) is 1.55. The van der Waals surface area contributed by atoms with Gasteiger partial charge in [0.2, 0.25) is 5.91 Å². The van der Waals surface area contributed by atoms with Crippen molar-refractivity contribution >= 4 is 5.91 Å². The molecular weight excluding hydrogens is 228 g/mol. The molecule has 1 amide bonds. The fraction of sp³-hybridized carbons (Fsp3) is 0.929. The van der Waals surface area contributed by atoms with Crippen molar-refractivity contribution in [2.45, 2.75) is 57.6 Å². The Morgan fingerprint density at radius 1 is 1.22 bits per heavy atom. The minimum atomic E-state index is 0.275. The van der Waals surface area contributed by atoms with E-state index in [4.69, 9.17) is 4.74 Å². The highest BCUT2D eigenvalue weighted by Crippen LogP contribution is 2.23. The highest BCUT2D eigenvalue weighted by molar-refractivity contribution is 5.78. The molecule has 1 N–H and O–H groups in total. The molecule has 0 bridgehead atoms. The van der Waals surface area contributed by atoms with Gasteiger partial charge in [-0.1, -0.05) is 12.8 Å². The van der Waals surface area contributed by atoms with Crippen molar-refractivity contribution in [1.82, 2.24) is 10.2 Å². The first-order valence-corrected chi connectivity index (χ1v) is 7.42. The Kier molecular flexibility index (Phi) is 5.45. The lowest BCUT2D eigenvalue weighted by Gasteiger charge is -2.35. The summed E-state index contributed by atoms with van der Waals surface area (Å²) in [6.45, 7) is 5.23. The van der Waals surface area contributed by atoms with Crippen molar-refractivity contribution in [3.8, 4) is 0 Å². The van der Waals surface area contributed by atoms with E-state index in [1.54, 1.807) is 0 Å². The molecule has 0 aromatic rings. The summed E-state index contributed by atoms with van der Waals surface area (Å²) in [7, 11) is 0. The van der Waals surface area contributed by atoms with Gasteiger partial charge in [0.05, 0.1) is 12.6 Å². The van der Waals surface area contributed by atoms with Gasteiger partial charge in [-0.2, -0.15) is 0 Å². The van der Waals surface area contributed by atoms with Crippen LogP contribution in [-0.4, -0.2) is 49.2 Å². The molecule has 4 heteroatoms. The van der Waals surface area contributed by atoms with Gasteiger partial charge in [0, 0.05) is 25.7 Å². The van der Waals surface area contributed by atoms with E-state index in [1.165, 1.54) is 25.7 Å². The maximum Gasteiger partial charge on any atom is 0.236 e. The first kappa shape index (κ1) is 13.8. The summed E-state index contributed by atoms with van der Waals surface area (Å²) in [6.07, 6.45) is 7.41. The minimum Gasteiger partial charge on any atom is -0.378 e. The number of nitrogens with one attached hydrogen (secondary N) is 1. The molecule has 0 spiro atoms. The Labute approximate surface area is 110 Å². The van der Waals surface area contributed by atoms with Crippen LogP contribution in [-0.2, 0) is 9.53 Å². The van der Waals surface area contributed by atoms with Gasteiger partial charge >= 0.3 is 0 Å². The van der Waals surface area contributed by atoms with Gasteiger partial charge < -0.3 is 15.0 Å². The quantitative estimate of drug-likeness (QED) is 0.809. The van der Waals surface area contributed by atoms with E-state index in [9.17, 15) is 4.79 Å². The lowest BCUT2D eigenvalue weighted by atomic mass is 9.89. The molecule has 1 aliphatic heterocycles. The summed E-state index contributed by atoms with van der Waals surface area (Å²) in [5.41, 5.74) is 0. The summed E-state index contributed by atoms with van der Waals surface area (Å²) in [6, 6.07) is 0.484. The smallest absolute Gasteiger partial charge is 0.236 e. The van der Waals surface area contributed by atoms with Gasteiger partial charge in [0.1, 0.15) is 0 Å². The highest BCUT2D eigenvalue weighted by Gasteiger charge is 2.29. The fourth-order valence-electron chi connectivity index (χ4n) is 2.77. The van der Waals surface area contributed by atoms with Crippen LogP contribution in [0.3, 0.4) is 0 Å². The number of hydrogen-bond donors (Lipinski definition) is 1. The van der Waals surface area contributed by atoms with Crippen LogP contribution in [0.2, 0.25) is 0 Å². The molecular formula is C14H26N2O2. The molecule has 2 rings (SSSR count). The average Bonchev–Trinajstić information content (AvgIpc) is 2.60. The van der Waals surface area contributed by atoms with Gasteiger partial charge in [-0.3, -0.25) is 4.79 Å². The maximum absolute atomic E-state index is 12.0. The molecule has 2 fully saturated rings. The predicted molar refractivity (Wildman–Crippen MR) is 71.5 cm³/mol. The molecule has 0 atom stereocenters. The summed E-state index contributed by atoms with van der Waals surface area (Å²) >= 11 is 0. The largest absolute Gasteiger partial charge is 0.378 e. The van der Waals surface area contributed by atoms with Crippen LogP contribution in [0.25, 0.3) is 0 Å². The molecule has 1 saturated heterocycles. The Hall–Kier alpha value is -0.610. The highest BCUT2D eigenvalue weighted by atomic mass is 16.5. The molecule has 0 aromatic carbocycles. The zero-order valence-corrected chi connectivity index (χ0v) is 11.5. The van der Waals surface area contributed by atoms with Crippen molar-refractivity contribution in [3.05, 3.63) is 0 Å². The van der Waals surface area contributed by atoms with E-state index in [2.05, 4.69) is 5.32 Å². The van der Waals surface area contributed by atoms with Gasteiger partial charge in [0.15, 0.2) is 0 Å². The summed E-state index contributed by atoms with van der Waals surface area (Å²) in [5, 5.41) is 3.35. The van der Waals surface area contributed by atoms with E-state index in [1.807, 2.05) is 11.8 Å². The lowest BCUT2D eigenvalue weighted by Crippen LogP contribution is -2.49. The normalized spacial score (nSPS) is 28.6. The van der Waals surface area contributed by atoms with Crippen LogP contribution < -0.4 is 5.32 Å². The van der Waals surface area contributed by atoms with Crippen molar-refractivity contribution in [1.29, 1.82) is 0 Å². The van der Waals surface area contributed by atoms with Crippen molar-refractivity contribution in [2.24, 2.45) is 0 Å². The van der Waals surface area contributed by atoms with E-state index >= 15 is 0 Å². The van der Waals surface area contributed by atoms with Gasteiger partial charge in [0.25, 0.3) is 0 Å². The molecule has 104 valence electrons. The van der Waals surface area contributed by atoms with Crippen LogP contribution in [0.5, 0.6) is 0 Å². The third-order valence-electron chi connectivity index (χ3n) is 4.00. The zero-order valence-electron chi connectivity index (χ0n) is 11.5. The maximum atomic E-state index is 12.0. The number of nitrogens with zero attached hydrogens (tertiary/aromatic N) is 1. The molecule has 4 nitrogen and oxygen atoms in total. The molecule has 0 unspecified atom stereocenters. The minimum absolute atomic E-state index is 0.275. The molecule has 18 heavy (non-hydrogen) atoms. The molecule has 0 aromatic heterocycles. The third-order valence-corrected chi connectivity index (χ3v) is 4.00. The molecule has 1 saturated carbocycles. The topological polar surface area (TPSA) is 41.6 Å². The number of likely N-dealkylation sites (tertiary alicyclic amines) is 1. The zero-order chi connectivity index (χ0) is 12.8. The summed E-state index contributed by atoms with van der Waals surface area (Å²) in [4.78, 5) is 14.1. The van der Waals surface area contributed by atoms with E-state index in [0.717, 1.165) is 32.5 Å². The number of amides is 1. The number of ether oxygens (including phenoxy) is 1. The molecule has 0 radical (unpaired) electrons. The van der Waals surface area contributed by atoms with Crippen molar-refractivity contribution in [3.63, 3.8) is 0 Å². The second-order valence-electron chi connectivity index (χ2n) is 5.42. The first-order chi connectivity index (χ1) is 8.79. The van der Waals surface area contributed by atoms with E-state index < -0.39 is 0 Å². The van der Waals surface area contributed by atoms with Crippen LogP contribution in [0.4, 0.5) is 0 Å². The van der Waals surface area contributed by atoms with Crippen molar-refractivity contribution < 1.29 is 9.53 Å². The Morgan fingerprint density at radius 2 is 1.89 bits per heavy atom. The van der Waals surface area contributed by atoms with E-state index in [0.29, 0.717) is 18.7 Å². The summed E-state index contributed by atoms with van der Waals surface area (Å²) < 4.78 is 5.51. The van der Waals surface area contributed by atoms with Gasteiger partial charge in [-0.25, -0.2) is 0 Å². The van der Waals surface area contributed by atoms with Gasteiger partial charge in [-0.05, 0) is 32.6 Å². The molecule has 2 aliphatic rings. The Balaban J connectivity index is 1.60. The van der Waals surface area contributed by atoms with Gasteiger partial charge in [-0.15, -0.1) is 0 Å². The Morgan fingerprint density at radius 3 is 2.50 bits per heavy atom. The number of hydrogen-bond acceptors (Lipinski definition) is 3. The van der Waals surface area contributed by atoms with Crippen molar-refractivity contribution in [2.75, 3.05) is 26.2 Å². The number of carbonyl (C=O) groups excluding carboxylic acids is 1. The average molecular weight is 254 g/mol. The SMILES string of the molecule is CCOC1CC(NCC(=O)N2CCCCCC2)C1. The summed E-state index contributed by atoms with van der Waals surface area (Å²) in [5.74, 6) is 0.275. The second kappa shape index (κ2) is 7.10.